The first-order chi connectivity index (χ1) is 11.4. The number of hydrogen-bond acceptors (Lipinski definition) is 3. The summed E-state index contributed by atoms with van der Waals surface area (Å²) in [6, 6.07) is 7.25. The standard InChI is InChI=1S/C18H19ClFNO3/c1-10-7-16(23-3)17(24-4)9-14(10)11(2)21-18(22)13-6-5-12(19)8-15(13)20/h5-9,11H,1-4H3,(H,21,22). The van der Waals surface area contributed by atoms with Crippen LogP contribution in [0.5, 0.6) is 11.5 Å². The van der Waals surface area contributed by atoms with Crippen LogP contribution >= 0.6 is 11.6 Å². The van der Waals surface area contributed by atoms with E-state index in [4.69, 9.17) is 21.1 Å². The van der Waals surface area contributed by atoms with Crippen LogP contribution in [-0.2, 0) is 0 Å². The normalized spacial score (nSPS) is 11.8. The summed E-state index contributed by atoms with van der Waals surface area (Å²) in [4.78, 5) is 12.3. The van der Waals surface area contributed by atoms with Crippen molar-refractivity contribution >= 4 is 17.5 Å². The molecule has 2 aromatic rings. The highest BCUT2D eigenvalue weighted by Crippen LogP contribution is 2.33. The van der Waals surface area contributed by atoms with Gasteiger partial charge in [0.25, 0.3) is 5.91 Å². The van der Waals surface area contributed by atoms with Gasteiger partial charge in [-0.1, -0.05) is 11.6 Å². The highest BCUT2D eigenvalue weighted by molar-refractivity contribution is 6.30. The molecule has 1 unspecified atom stereocenters. The van der Waals surface area contributed by atoms with E-state index in [0.717, 1.165) is 17.2 Å². The number of nitrogens with one attached hydrogen (secondary N) is 1. The van der Waals surface area contributed by atoms with E-state index in [9.17, 15) is 9.18 Å². The predicted octanol–water partition coefficient (Wildman–Crippen LogP) is 4.30. The van der Waals surface area contributed by atoms with Gasteiger partial charge in [0.1, 0.15) is 5.82 Å². The van der Waals surface area contributed by atoms with Crippen LogP contribution in [0.15, 0.2) is 30.3 Å². The van der Waals surface area contributed by atoms with Gasteiger partial charge in [-0.05, 0) is 55.3 Å². The van der Waals surface area contributed by atoms with Gasteiger partial charge in [-0.25, -0.2) is 4.39 Å². The molecule has 6 heteroatoms. The fourth-order valence-electron chi connectivity index (χ4n) is 2.49. The molecule has 0 bridgehead atoms. The van der Waals surface area contributed by atoms with Gasteiger partial charge >= 0.3 is 0 Å². The highest BCUT2D eigenvalue weighted by atomic mass is 35.5. The number of ether oxygens (including phenoxy) is 2. The number of carbonyl (C=O) groups is 1. The maximum Gasteiger partial charge on any atom is 0.254 e. The van der Waals surface area contributed by atoms with Crippen LogP contribution in [0.3, 0.4) is 0 Å². The molecular weight excluding hydrogens is 333 g/mol. The Labute approximate surface area is 145 Å². The molecule has 0 saturated heterocycles. The smallest absolute Gasteiger partial charge is 0.254 e. The van der Waals surface area contributed by atoms with E-state index in [1.54, 1.807) is 20.3 Å². The van der Waals surface area contributed by atoms with Gasteiger partial charge in [0.15, 0.2) is 11.5 Å². The Bertz CT molecular complexity index is 764. The Morgan fingerprint density at radius 2 is 1.79 bits per heavy atom. The predicted molar refractivity (Wildman–Crippen MR) is 91.6 cm³/mol. The summed E-state index contributed by atoms with van der Waals surface area (Å²) in [5, 5.41) is 3.03. The molecular formula is C18H19ClFNO3. The van der Waals surface area contributed by atoms with Crippen LogP contribution in [0.25, 0.3) is 0 Å². The zero-order valence-corrected chi connectivity index (χ0v) is 14.7. The first-order valence-electron chi connectivity index (χ1n) is 7.35. The summed E-state index contributed by atoms with van der Waals surface area (Å²) < 4.78 is 24.4. The minimum absolute atomic E-state index is 0.0515. The second-order valence-corrected chi connectivity index (χ2v) is 5.82. The summed E-state index contributed by atoms with van der Waals surface area (Å²) in [6.45, 7) is 3.72. The zero-order chi connectivity index (χ0) is 17.9. The molecule has 1 amide bonds. The van der Waals surface area contributed by atoms with E-state index >= 15 is 0 Å². The van der Waals surface area contributed by atoms with Gasteiger partial charge in [0, 0.05) is 5.02 Å². The summed E-state index contributed by atoms with van der Waals surface area (Å²) in [6.07, 6.45) is 0. The van der Waals surface area contributed by atoms with Crippen LogP contribution < -0.4 is 14.8 Å². The Kier molecular flexibility index (Phi) is 5.67. The topological polar surface area (TPSA) is 47.6 Å². The molecule has 128 valence electrons. The molecule has 0 aliphatic rings. The van der Waals surface area contributed by atoms with Crippen molar-refractivity contribution in [3.63, 3.8) is 0 Å². The molecule has 0 saturated carbocycles. The second kappa shape index (κ2) is 7.53. The van der Waals surface area contributed by atoms with Gasteiger partial charge in [-0.2, -0.15) is 0 Å². The molecule has 0 aliphatic heterocycles. The van der Waals surface area contributed by atoms with E-state index in [0.29, 0.717) is 11.5 Å². The summed E-state index contributed by atoms with van der Waals surface area (Å²) in [7, 11) is 3.11. The lowest BCUT2D eigenvalue weighted by atomic mass is 10.0. The van der Waals surface area contributed by atoms with Crippen molar-refractivity contribution in [3.05, 3.63) is 57.9 Å². The lowest BCUT2D eigenvalue weighted by Gasteiger charge is -2.19. The number of amides is 1. The van der Waals surface area contributed by atoms with Gasteiger partial charge in [-0.15, -0.1) is 0 Å². The number of rotatable bonds is 5. The van der Waals surface area contributed by atoms with Crippen molar-refractivity contribution < 1.29 is 18.7 Å². The van der Waals surface area contributed by atoms with E-state index in [1.807, 2.05) is 19.9 Å². The van der Waals surface area contributed by atoms with E-state index < -0.39 is 11.7 Å². The fraction of sp³-hybridized carbons (Fsp3) is 0.278. The number of benzene rings is 2. The van der Waals surface area contributed by atoms with Gasteiger partial charge < -0.3 is 14.8 Å². The second-order valence-electron chi connectivity index (χ2n) is 5.38. The van der Waals surface area contributed by atoms with Crippen LogP contribution in [-0.4, -0.2) is 20.1 Å². The average molecular weight is 352 g/mol. The molecule has 1 atom stereocenters. The molecule has 0 fully saturated rings. The average Bonchev–Trinajstić information content (AvgIpc) is 2.54. The molecule has 2 rings (SSSR count). The SMILES string of the molecule is COc1cc(C)c(C(C)NC(=O)c2ccc(Cl)cc2F)cc1OC. The van der Waals surface area contributed by atoms with Crippen LogP contribution in [0.1, 0.15) is 34.5 Å². The first-order valence-corrected chi connectivity index (χ1v) is 7.73. The van der Waals surface area contributed by atoms with Gasteiger partial charge in [0.2, 0.25) is 0 Å². The minimum atomic E-state index is -0.656. The third-order valence-corrected chi connectivity index (χ3v) is 4.00. The van der Waals surface area contributed by atoms with Crippen LogP contribution in [0, 0.1) is 12.7 Å². The third-order valence-electron chi connectivity index (χ3n) is 3.76. The largest absolute Gasteiger partial charge is 0.493 e. The van der Waals surface area contributed by atoms with Crippen molar-refractivity contribution in [3.8, 4) is 11.5 Å². The molecule has 0 aliphatic carbocycles. The number of carbonyl (C=O) groups excluding carboxylic acids is 1. The fourth-order valence-corrected chi connectivity index (χ4v) is 2.65. The number of hydrogen-bond donors (Lipinski definition) is 1. The summed E-state index contributed by atoms with van der Waals surface area (Å²) in [5.74, 6) is 0.0139. The molecule has 0 aromatic heterocycles. The monoisotopic (exact) mass is 351 g/mol. The molecule has 2 aromatic carbocycles. The number of halogens is 2. The molecule has 0 heterocycles. The first kappa shape index (κ1) is 18.1. The quantitative estimate of drug-likeness (QED) is 0.873. The van der Waals surface area contributed by atoms with Crippen molar-refractivity contribution in [2.75, 3.05) is 14.2 Å². The van der Waals surface area contributed by atoms with Crippen LogP contribution in [0.4, 0.5) is 4.39 Å². The molecule has 1 N–H and O–H groups in total. The van der Waals surface area contributed by atoms with Crippen molar-refractivity contribution in [2.45, 2.75) is 19.9 Å². The lowest BCUT2D eigenvalue weighted by molar-refractivity contribution is 0.0935. The Morgan fingerprint density at radius 1 is 1.17 bits per heavy atom. The summed E-state index contributed by atoms with van der Waals surface area (Å²) in [5.41, 5.74) is 1.73. The van der Waals surface area contributed by atoms with E-state index in [2.05, 4.69) is 5.32 Å². The zero-order valence-electron chi connectivity index (χ0n) is 13.9. The summed E-state index contributed by atoms with van der Waals surface area (Å²) >= 11 is 5.71. The number of methoxy groups -OCH3 is 2. The van der Waals surface area contributed by atoms with E-state index in [-0.39, 0.29) is 16.6 Å². The van der Waals surface area contributed by atoms with Gasteiger partial charge in [0.05, 0.1) is 25.8 Å². The molecule has 4 nitrogen and oxygen atoms in total. The molecule has 0 radical (unpaired) electrons. The maximum atomic E-state index is 13.9. The third kappa shape index (κ3) is 3.79. The Balaban J connectivity index is 2.26. The van der Waals surface area contributed by atoms with Crippen molar-refractivity contribution in [1.82, 2.24) is 5.32 Å². The molecule has 24 heavy (non-hydrogen) atoms. The van der Waals surface area contributed by atoms with E-state index in [1.165, 1.54) is 12.1 Å². The number of aryl methyl sites for hydroxylation is 1. The Morgan fingerprint density at radius 3 is 2.38 bits per heavy atom. The minimum Gasteiger partial charge on any atom is -0.493 e. The molecule has 0 spiro atoms. The van der Waals surface area contributed by atoms with Crippen molar-refractivity contribution in [2.24, 2.45) is 0 Å². The lowest BCUT2D eigenvalue weighted by Crippen LogP contribution is -2.28. The maximum absolute atomic E-state index is 13.9. The Hall–Kier alpha value is -2.27. The van der Waals surface area contributed by atoms with Crippen LogP contribution in [0.2, 0.25) is 5.02 Å². The highest BCUT2D eigenvalue weighted by Gasteiger charge is 2.18. The van der Waals surface area contributed by atoms with Gasteiger partial charge in [-0.3, -0.25) is 4.79 Å². The van der Waals surface area contributed by atoms with Crippen molar-refractivity contribution in [1.29, 1.82) is 0 Å².